The average molecular weight is 495 g/mol. The van der Waals surface area contributed by atoms with E-state index in [0.717, 1.165) is 17.1 Å². The molecule has 1 aliphatic heterocycles. The van der Waals surface area contributed by atoms with E-state index in [2.05, 4.69) is 139 Å². The second kappa shape index (κ2) is 8.78. The Morgan fingerprint density at radius 2 is 1.28 bits per heavy atom. The number of hydrogen-bond donors (Lipinski definition) is 1. The van der Waals surface area contributed by atoms with Gasteiger partial charge in [0.1, 0.15) is 0 Å². The molecule has 0 saturated carbocycles. The van der Waals surface area contributed by atoms with Crippen LogP contribution in [0.3, 0.4) is 0 Å². The molecule has 0 fully saturated rings. The van der Waals surface area contributed by atoms with Gasteiger partial charge in [0.05, 0.1) is 11.4 Å². The Balaban J connectivity index is 1.16. The number of benzene rings is 6. The molecule has 1 radical (unpaired) electrons. The van der Waals surface area contributed by atoms with Crippen molar-refractivity contribution in [1.29, 1.82) is 0 Å². The van der Waals surface area contributed by atoms with Crippen molar-refractivity contribution < 1.29 is 0 Å². The van der Waals surface area contributed by atoms with Crippen LogP contribution in [0.5, 0.6) is 0 Å². The average Bonchev–Trinajstić information content (AvgIpc) is 3.31. The summed E-state index contributed by atoms with van der Waals surface area (Å²) in [4.78, 5) is 2.13. The molecule has 0 unspecified atom stereocenters. The van der Waals surface area contributed by atoms with E-state index in [1.807, 2.05) is 18.1 Å². The van der Waals surface area contributed by atoms with Gasteiger partial charge in [-0.3, -0.25) is 0 Å². The lowest BCUT2D eigenvalue weighted by molar-refractivity contribution is 1.39. The van der Waals surface area contributed by atoms with Gasteiger partial charge in [-0.2, -0.15) is 0 Å². The molecule has 39 heavy (non-hydrogen) atoms. The molecule has 1 aliphatic carbocycles. The zero-order valence-electron chi connectivity index (χ0n) is 21.3. The van der Waals surface area contributed by atoms with Crippen LogP contribution in [-0.4, -0.2) is 7.41 Å². The van der Waals surface area contributed by atoms with Gasteiger partial charge in [-0.25, -0.2) is 0 Å². The lowest BCUT2D eigenvalue weighted by Crippen LogP contribution is -2.22. The predicted octanol–water partition coefficient (Wildman–Crippen LogP) is 9.52. The minimum atomic E-state index is 1.06. The van der Waals surface area contributed by atoms with E-state index in [9.17, 15) is 0 Å². The number of nitrogens with one attached hydrogen (secondary N) is 1. The molecule has 6 aromatic carbocycles. The van der Waals surface area contributed by atoms with Gasteiger partial charge in [0.15, 0.2) is 0 Å². The van der Waals surface area contributed by atoms with Crippen molar-refractivity contribution in [2.75, 3.05) is 10.1 Å². The number of allylic oxidation sites excluding steroid dienone is 2. The number of para-hydroxylation sites is 2. The monoisotopic (exact) mass is 495 g/mol. The van der Waals surface area contributed by atoms with Crippen molar-refractivity contribution in [1.82, 2.24) is 0 Å². The van der Waals surface area contributed by atoms with Crippen LogP contribution in [0, 0.1) is 0 Å². The highest BCUT2D eigenvalue weighted by atomic mass is 15.1. The molecule has 6 aromatic rings. The number of hydrogen-bond acceptors (Lipinski definition) is 2. The Kier molecular flexibility index (Phi) is 4.96. The summed E-state index contributed by atoms with van der Waals surface area (Å²) in [6, 6.07) is 41.9. The number of nitrogens with zero attached hydrogens (tertiary/aromatic N) is 1. The largest absolute Gasteiger partial charge is 0.390 e. The second-order valence-electron chi connectivity index (χ2n) is 10.1. The number of anilines is 3. The van der Waals surface area contributed by atoms with Crippen molar-refractivity contribution in [3.05, 3.63) is 140 Å². The van der Waals surface area contributed by atoms with Gasteiger partial charge in [-0.15, -0.1) is 0 Å². The van der Waals surface area contributed by atoms with Crippen molar-refractivity contribution in [3.8, 4) is 33.4 Å². The first kappa shape index (κ1) is 22.0. The molecule has 1 heterocycles. The van der Waals surface area contributed by atoms with Crippen molar-refractivity contribution >= 4 is 46.0 Å². The highest BCUT2D eigenvalue weighted by Gasteiger charge is 2.23. The minimum absolute atomic E-state index is 1.06. The van der Waals surface area contributed by atoms with Crippen LogP contribution in [0.15, 0.2) is 140 Å². The summed E-state index contributed by atoms with van der Waals surface area (Å²) in [6.45, 7) is 0. The van der Waals surface area contributed by atoms with Gasteiger partial charge in [0, 0.05) is 5.69 Å². The molecular weight excluding hydrogens is 471 g/mol. The summed E-state index contributed by atoms with van der Waals surface area (Å²) in [7, 11) is 2.07. The maximum absolute atomic E-state index is 3.62. The summed E-state index contributed by atoms with van der Waals surface area (Å²) >= 11 is 0. The van der Waals surface area contributed by atoms with Crippen LogP contribution in [0.2, 0.25) is 0 Å². The summed E-state index contributed by atoms with van der Waals surface area (Å²) in [5.74, 6) is 2.05. The maximum Gasteiger partial charge on any atom is 0.282 e. The molecule has 181 valence electrons. The first-order valence-corrected chi connectivity index (χ1v) is 13.4. The standard InChI is InChI=1S/C36H24BN2/c1-2-9-26-23-33-31-19-18-28(29-10-7-11-30(36(29)31)32(33)22-25(26)8-1)24-14-16-27(17-15-24)38-34-12-3-4-13-35(34)39-21-6-5-20-37-39/h1-23,38H. The third-order valence-electron chi connectivity index (χ3n) is 7.88. The summed E-state index contributed by atoms with van der Waals surface area (Å²) in [5, 5.41) is 8.86. The molecule has 2 aliphatic rings. The molecule has 0 bridgehead atoms. The van der Waals surface area contributed by atoms with Crippen molar-refractivity contribution in [2.45, 2.75) is 0 Å². The fourth-order valence-corrected chi connectivity index (χ4v) is 6.05. The zero-order chi connectivity index (χ0) is 25.8. The van der Waals surface area contributed by atoms with Gasteiger partial charge in [0.2, 0.25) is 0 Å². The van der Waals surface area contributed by atoms with Gasteiger partial charge in [-0.1, -0.05) is 90.9 Å². The minimum Gasteiger partial charge on any atom is -0.390 e. The molecule has 0 amide bonds. The van der Waals surface area contributed by atoms with E-state index in [1.165, 1.54) is 54.9 Å². The molecule has 3 heteroatoms. The van der Waals surface area contributed by atoms with E-state index < -0.39 is 0 Å². The number of fused-ring (bicyclic) bond motifs is 4. The smallest absolute Gasteiger partial charge is 0.282 e. The Labute approximate surface area is 228 Å². The van der Waals surface area contributed by atoms with E-state index in [4.69, 9.17) is 0 Å². The van der Waals surface area contributed by atoms with Gasteiger partial charge in [-0.05, 0) is 104 Å². The molecule has 2 nitrogen and oxygen atoms in total. The molecule has 0 aromatic heterocycles. The lowest BCUT2D eigenvalue weighted by Gasteiger charge is -2.23. The van der Waals surface area contributed by atoms with Gasteiger partial charge >= 0.3 is 0 Å². The van der Waals surface area contributed by atoms with Crippen LogP contribution in [0.25, 0.3) is 54.9 Å². The summed E-state index contributed by atoms with van der Waals surface area (Å²) in [5.41, 5.74) is 11.1. The topological polar surface area (TPSA) is 15.3 Å². The Morgan fingerprint density at radius 3 is 2.05 bits per heavy atom. The quantitative estimate of drug-likeness (QED) is 0.245. The third kappa shape index (κ3) is 3.59. The molecule has 0 saturated heterocycles. The summed E-state index contributed by atoms with van der Waals surface area (Å²) in [6.07, 6.45) is 6.15. The van der Waals surface area contributed by atoms with Gasteiger partial charge < -0.3 is 10.1 Å². The SMILES string of the molecule is [B]1C=CC=CN1c1ccccc1Nc1ccc(-c2ccc3c4c(cccc24)-c2cc4ccccc4cc2-3)cc1. The fourth-order valence-electron chi connectivity index (χ4n) is 6.05. The van der Waals surface area contributed by atoms with Crippen molar-refractivity contribution in [3.63, 3.8) is 0 Å². The maximum atomic E-state index is 3.62. The second-order valence-corrected chi connectivity index (χ2v) is 10.1. The van der Waals surface area contributed by atoms with Gasteiger partial charge in [0.25, 0.3) is 7.41 Å². The Hall–Kier alpha value is -5.02. The first-order chi connectivity index (χ1) is 19.3. The zero-order valence-corrected chi connectivity index (χ0v) is 21.3. The van der Waals surface area contributed by atoms with Crippen molar-refractivity contribution in [2.24, 2.45) is 0 Å². The molecule has 8 rings (SSSR count). The highest BCUT2D eigenvalue weighted by molar-refractivity contribution is 6.49. The first-order valence-electron chi connectivity index (χ1n) is 13.4. The van der Waals surface area contributed by atoms with Crippen LogP contribution in [0.4, 0.5) is 17.1 Å². The molecule has 0 atom stereocenters. The fraction of sp³-hybridized carbons (Fsp3) is 0. The van der Waals surface area contributed by atoms with Crippen LogP contribution in [0.1, 0.15) is 0 Å². The number of rotatable bonds is 4. The Morgan fingerprint density at radius 1 is 0.564 bits per heavy atom. The highest BCUT2D eigenvalue weighted by Crippen LogP contribution is 2.50. The van der Waals surface area contributed by atoms with E-state index in [0.29, 0.717) is 0 Å². The van der Waals surface area contributed by atoms with E-state index in [1.54, 1.807) is 0 Å². The summed E-state index contributed by atoms with van der Waals surface area (Å²) < 4.78 is 0. The molecule has 0 spiro atoms. The molecular formula is C36H24BN2. The molecule has 1 N–H and O–H groups in total. The predicted molar refractivity (Wildman–Crippen MR) is 168 cm³/mol. The van der Waals surface area contributed by atoms with Crippen LogP contribution < -0.4 is 10.1 Å². The van der Waals surface area contributed by atoms with E-state index >= 15 is 0 Å². The Bertz CT molecular complexity index is 1920. The van der Waals surface area contributed by atoms with Crippen LogP contribution in [-0.2, 0) is 0 Å². The van der Waals surface area contributed by atoms with E-state index in [-0.39, 0.29) is 0 Å². The third-order valence-corrected chi connectivity index (χ3v) is 7.88. The van der Waals surface area contributed by atoms with Crippen LogP contribution >= 0.6 is 0 Å². The lowest BCUT2D eigenvalue weighted by atomic mass is 9.88. The normalized spacial score (nSPS) is 13.1.